The molecule has 4 nitrogen and oxygen atoms in total. The molecule has 0 amide bonds. The first-order valence-electron chi connectivity index (χ1n) is 8.05. The Morgan fingerprint density at radius 3 is 2.87 bits per heavy atom. The van der Waals surface area contributed by atoms with Gasteiger partial charge >= 0.3 is 0 Å². The Bertz CT molecular complexity index is 753. The van der Waals surface area contributed by atoms with E-state index in [1.165, 1.54) is 11.1 Å². The minimum absolute atomic E-state index is 0.130. The van der Waals surface area contributed by atoms with Crippen molar-refractivity contribution in [2.24, 2.45) is 0 Å². The minimum Gasteiger partial charge on any atom is -0.504 e. The van der Waals surface area contributed by atoms with Gasteiger partial charge in [-0.25, -0.2) is 0 Å². The Balaban J connectivity index is 1.84. The van der Waals surface area contributed by atoms with Gasteiger partial charge in [-0.15, -0.1) is 0 Å². The van der Waals surface area contributed by atoms with Crippen LogP contribution in [-0.2, 0) is 11.2 Å². The Labute approximate surface area is 135 Å². The van der Waals surface area contributed by atoms with Gasteiger partial charge in [0.2, 0.25) is 5.75 Å². The molecule has 1 N–H and O–H groups in total. The lowest BCUT2D eigenvalue weighted by molar-refractivity contribution is 0.301. The lowest BCUT2D eigenvalue weighted by Crippen LogP contribution is -2.06. The number of fused-ring (bicyclic) bond motifs is 3. The highest BCUT2D eigenvalue weighted by Gasteiger charge is 2.44. The Kier molecular flexibility index (Phi) is 3.42. The van der Waals surface area contributed by atoms with Crippen LogP contribution in [0.3, 0.4) is 0 Å². The molecule has 120 valence electrons. The summed E-state index contributed by atoms with van der Waals surface area (Å²) >= 11 is 0. The van der Waals surface area contributed by atoms with Crippen molar-refractivity contribution in [3.8, 4) is 28.4 Å². The molecule has 2 aromatic rings. The van der Waals surface area contributed by atoms with Gasteiger partial charge in [-0.2, -0.15) is 0 Å². The fourth-order valence-corrected chi connectivity index (χ4v) is 3.56. The largest absolute Gasteiger partial charge is 0.504 e. The fraction of sp³-hybridized carbons (Fsp3) is 0.368. The maximum atomic E-state index is 10.7. The summed E-state index contributed by atoms with van der Waals surface area (Å²) in [5, 5.41) is 10.7. The number of rotatable bonds is 4. The number of benzene rings is 2. The van der Waals surface area contributed by atoms with Gasteiger partial charge in [0.05, 0.1) is 19.8 Å². The number of ether oxygens (including phenoxy) is 3. The number of epoxide rings is 1. The zero-order valence-electron chi connectivity index (χ0n) is 13.3. The highest BCUT2D eigenvalue weighted by atomic mass is 16.6. The van der Waals surface area contributed by atoms with E-state index in [0.29, 0.717) is 24.2 Å². The molecule has 2 atom stereocenters. The Morgan fingerprint density at radius 1 is 1.22 bits per heavy atom. The van der Waals surface area contributed by atoms with Gasteiger partial charge in [-0.3, -0.25) is 0 Å². The van der Waals surface area contributed by atoms with Gasteiger partial charge in [-0.1, -0.05) is 18.2 Å². The van der Waals surface area contributed by atoms with E-state index in [1.807, 2.05) is 25.1 Å². The molecule has 0 saturated carbocycles. The molecule has 23 heavy (non-hydrogen) atoms. The Hall–Kier alpha value is -2.20. The third-order valence-corrected chi connectivity index (χ3v) is 4.67. The van der Waals surface area contributed by atoms with Crippen molar-refractivity contribution in [3.05, 3.63) is 41.5 Å². The minimum atomic E-state index is 0.130. The number of aromatic hydroxyl groups is 1. The van der Waals surface area contributed by atoms with Crippen molar-refractivity contribution < 1.29 is 19.3 Å². The van der Waals surface area contributed by atoms with Crippen LogP contribution in [0.1, 0.15) is 30.6 Å². The number of hydrogen-bond acceptors (Lipinski definition) is 4. The van der Waals surface area contributed by atoms with Crippen molar-refractivity contribution in [2.75, 3.05) is 13.7 Å². The van der Waals surface area contributed by atoms with E-state index >= 15 is 0 Å². The molecule has 1 fully saturated rings. The molecule has 4 rings (SSSR count). The van der Waals surface area contributed by atoms with Gasteiger partial charge < -0.3 is 19.3 Å². The maximum Gasteiger partial charge on any atom is 0.203 e. The average molecular weight is 312 g/mol. The lowest BCUT2D eigenvalue weighted by Gasteiger charge is -2.19. The molecule has 0 aromatic heterocycles. The highest BCUT2D eigenvalue weighted by Crippen LogP contribution is 2.51. The molecule has 4 heteroatoms. The smallest absolute Gasteiger partial charge is 0.203 e. The molecule has 1 aliphatic carbocycles. The molecule has 0 bridgehead atoms. The predicted octanol–water partition coefficient (Wildman–Crippen LogP) is 3.85. The van der Waals surface area contributed by atoms with E-state index in [2.05, 4.69) is 12.1 Å². The van der Waals surface area contributed by atoms with Crippen LogP contribution in [0.4, 0.5) is 0 Å². The zero-order chi connectivity index (χ0) is 16.0. The first-order chi connectivity index (χ1) is 11.2. The maximum absolute atomic E-state index is 10.7. The molecule has 2 aliphatic rings. The topological polar surface area (TPSA) is 51.2 Å². The molecule has 0 spiro atoms. The summed E-state index contributed by atoms with van der Waals surface area (Å²) < 4.78 is 16.6. The molecule has 1 aliphatic heterocycles. The molecule has 2 unspecified atom stereocenters. The molecule has 1 saturated heterocycles. The molecular weight excluding hydrogens is 292 g/mol. The second-order valence-electron chi connectivity index (χ2n) is 5.93. The first kappa shape index (κ1) is 14.4. The van der Waals surface area contributed by atoms with Gasteiger partial charge in [0, 0.05) is 5.56 Å². The van der Waals surface area contributed by atoms with Gasteiger partial charge in [0.1, 0.15) is 6.10 Å². The Morgan fingerprint density at radius 2 is 2.09 bits per heavy atom. The van der Waals surface area contributed by atoms with Crippen LogP contribution < -0.4 is 9.47 Å². The molecule has 1 heterocycles. The summed E-state index contributed by atoms with van der Waals surface area (Å²) in [5.41, 5.74) is 4.36. The lowest BCUT2D eigenvalue weighted by atomic mass is 9.85. The summed E-state index contributed by atoms with van der Waals surface area (Å²) in [6, 6.07) is 9.97. The van der Waals surface area contributed by atoms with Crippen LogP contribution in [0, 0.1) is 0 Å². The third kappa shape index (κ3) is 2.25. The summed E-state index contributed by atoms with van der Waals surface area (Å²) in [6.07, 6.45) is 2.65. The van der Waals surface area contributed by atoms with Crippen molar-refractivity contribution in [1.82, 2.24) is 0 Å². The summed E-state index contributed by atoms with van der Waals surface area (Å²) in [7, 11) is 1.55. The van der Waals surface area contributed by atoms with Crippen molar-refractivity contribution in [2.45, 2.75) is 32.0 Å². The highest BCUT2D eigenvalue weighted by molar-refractivity contribution is 5.79. The quantitative estimate of drug-likeness (QED) is 0.871. The standard InChI is InChI=1S/C19H20O4/c1-3-22-15-9-8-13(17(20)19(15)21-2)11-5-4-6-14-12(11)7-10-16-18(14)23-16/h4-6,8-9,16,18,20H,3,7,10H2,1-2H3. The number of phenolic OH excluding ortho intramolecular Hbond substituents is 1. The van der Waals surface area contributed by atoms with E-state index in [4.69, 9.17) is 14.2 Å². The van der Waals surface area contributed by atoms with Gasteiger partial charge in [-0.05, 0) is 48.6 Å². The van der Waals surface area contributed by atoms with E-state index in [1.54, 1.807) is 7.11 Å². The molecule has 0 radical (unpaired) electrons. The van der Waals surface area contributed by atoms with E-state index < -0.39 is 0 Å². The van der Waals surface area contributed by atoms with Gasteiger partial charge in [0.25, 0.3) is 0 Å². The molecule has 2 aromatic carbocycles. The van der Waals surface area contributed by atoms with E-state index in [0.717, 1.165) is 24.0 Å². The van der Waals surface area contributed by atoms with Gasteiger partial charge in [0.15, 0.2) is 11.5 Å². The normalized spacial score (nSPS) is 21.3. The number of phenols is 1. The summed E-state index contributed by atoms with van der Waals surface area (Å²) in [6.45, 7) is 2.43. The SMILES string of the molecule is CCOc1ccc(-c2cccc3c2CCC2OC32)c(O)c1OC. The van der Waals surface area contributed by atoms with Crippen LogP contribution in [0.25, 0.3) is 11.1 Å². The predicted molar refractivity (Wildman–Crippen MR) is 87.2 cm³/mol. The second kappa shape index (κ2) is 5.46. The fourth-order valence-electron chi connectivity index (χ4n) is 3.56. The second-order valence-corrected chi connectivity index (χ2v) is 5.93. The third-order valence-electron chi connectivity index (χ3n) is 4.67. The molecular formula is C19H20O4. The number of hydrogen-bond donors (Lipinski definition) is 1. The number of methoxy groups -OCH3 is 1. The average Bonchev–Trinajstić information content (AvgIpc) is 3.35. The van der Waals surface area contributed by atoms with Crippen LogP contribution in [0.2, 0.25) is 0 Å². The monoisotopic (exact) mass is 312 g/mol. The van der Waals surface area contributed by atoms with Crippen LogP contribution in [-0.4, -0.2) is 24.9 Å². The van der Waals surface area contributed by atoms with E-state index in [-0.39, 0.29) is 11.9 Å². The van der Waals surface area contributed by atoms with Crippen LogP contribution >= 0.6 is 0 Å². The van der Waals surface area contributed by atoms with Crippen LogP contribution in [0.5, 0.6) is 17.2 Å². The van der Waals surface area contributed by atoms with Crippen molar-refractivity contribution in [1.29, 1.82) is 0 Å². The summed E-state index contributed by atoms with van der Waals surface area (Å²) in [4.78, 5) is 0. The zero-order valence-corrected chi connectivity index (χ0v) is 13.3. The van der Waals surface area contributed by atoms with Crippen molar-refractivity contribution in [3.63, 3.8) is 0 Å². The first-order valence-corrected chi connectivity index (χ1v) is 8.05. The summed E-state index contributed by atoms with van der Waals surface area (Å²) in [5.74, 6) is 1.08. The van der Waals surface area contributed by atoms with Crippen molar-refractivity contribution >= 4 is 0 Å². The van der Waals surface area contributed by atoms with E-state index in [9.17, 15) is 5.11 Å². The van der Waals surface area contributed by atoms with Crippen LogP contribution in [0.15, 0.2) is 30.3 Å².